The van der Waals surface area contributed by atoms with Crippen LogP contribution in [0.4, 0.5) is 4.39 Å². The number of aromatic nitrogens is 2. The number of rotatable bonds is 3. The molecule has 0 saturated heterocycles. The Hall–Kier alpha value is -2.30. The van der Waals surface area contributed by atoms with E-state index in [0.29, 0.717) is 27.7 Å². The van der Waals surface area contributed by atoms with Crippen LogP contribution >= 0.6 is 11.6 Å². The molecule has 5 heteroatoms. The van der Waals surface area contributed by atoms with Crippen molar-refractivity contribution in [1.82, 2.24) is 9.97 Å². The van der Waals surface area contributed by atoms with Crippen LogP contribution in [-0.4, -0.2) is 15.1 Å². The van der Waals surface area contributed by atoms with Crippen molar-refractivity contribution in [3.8, 4) is 22.6 Å². The molecule has 1 aromatic heterocycles. The van der Waals surface area contributed by atoms with Crippen molar-refractivity contribution in [1.29, 1.82) is 0 Å². The Kier molecular flexibility index (Phi) is 4.13. The molecule has 1 heterocycles. The molecule has 22 heavy (non-hydrogen) atoms. The van der Waals surface area contributed by atoms with Gasteiger partial charge < -0.3 is 5.11 Å². The van der Waals surface area contributed by atoms with Crippen LogP contribution < -0.4 is 0 Å². The summed E-state index contributed by atoms with van der Waals surface area (Å²) in [7, 11) is 0. The minimum atomic E-state index is -0.318. The summed E-state index contributed by atoms with van der Waals surface area (Å²) in [6, 6.07) is 13.2. The van der Waals surface area contributed by atoms with Gasteiger partial charge in [-0.25, -0.2) is 14.4 Å². The summed E-state index contributed by atoms with van der Waals surface area (Å²) in [5.74, 6) is 0.133. The Balaban J connectivity index is 2.15. The molecule has 0 spiro atoms. The number of aliphatic hydroxyl groups excluding tert-OH is 1. The second-order valence-corrected chi connectivity index (χ2v) is 5.12. The third-order valence-corrected chi connectivity index (χ3v) is 3.60. The normalized spacial score (nSPS) is 10.7. The van der Waals surface area contributed by atoms with Gasteiger partial charge >= 0.3 is 0 Å². The minimum absolute atomic E-state index is 0.190. The zero-order valence-electron chi connectivity index (χ0n) is 11.5. The lowest BCUT2D eigenvalue weighted by atomic mass is 10.1. The molecule has 2 aromatic carbocycles. The smallest absolute Gasteiger partial charge is 0.159 e. The zero-order valence-corrected chi connectivity index (χ0v) is 12.3. The molecule has 0 amide bonds. The van der Waals surface area contributed by atoms with Crippen molar-refractivity contribution in [3.63, 3.8) is 0 Å². The number of nitrogens with zero attached hydrogens (tertiary/aromatic N) is 2. The number of halogens is 2. The quantitative estimate of drug-likeness (QED) is 0.792. The van der Waals surface area contributed by atoms with E-state index in [1.165, 1.54) is 12.1 Å². The fourth-order valence-corrected chi connectivity index (χ4v) is 2.37. The summed E-state index contributed by atoms with van der Waals surface area (Å²) in [6.45, 7) is -0.190. The second kappa shape index (κ2) is 6.22. The van der Waals surface area contributed by atoms with Crippen LogP contribution in [0, 0.1) is 5.82 Å². The summed E-state index contributed by atoms with van der Waals surface area (Å²) in [6.07, 6.45) is 1.56. The van der Waals surface area contributed by atoms with Crippen LogP contribution in [0.1, 0.15) is 5.56 Å². The molecular formula is C17H12ClFN2O. The van der Waals surface area contributed by atoms with Crippen LogP contribution in [-0.2, 0) is 6.61 Å². The molecule has 0 fully saturated rings. The first-order valence-corrected chi connectivity index (χ1v) is 7.04. The maximum Gasteiger partial charge on any atom is 0.159 e. The lowest BCUT2D eigenvalue weighted by Crippen LogP contribution is -1.99. The first kappa shape index (κ1) is 14.6. The van der Waals surface area contributed by atoms with E-state index in [1.54, 1.807) is 24.4 Å². The van der Waals surface area contributed by atoms with Crippen LogP contribution in [0.2, 0.25) is 5.02 Å². The van der Waals surface area contributed by atoms with E-state index in [0.717, 1.165) is 5.56 Å². The molecule has 0 radical (unpaired) electrons. The molecule has 0 atom stereocenters. The second-order valence-electron chi connectivity index (χ2n) is 4.71. The van der Waals surface area contributed by atoms with Gasteiger partial charge in [0, 0.05) is 27.9 Å². The molecule has 0 aliphatic rings. The third kappa shape index (κ3) is 2.84. The van der Waals surface area contributed by atoms with Crippen molar-refractivity contribution < 1.29 is 9.50 Å². The Morgan fingerprint density at radius 1 is 1.05 bits per heavy atom. The standard InChI is InChI=1S/C17H12ClFN2O/c18-15-4-2-1-3-14(15)16-12(10-22)9-20-17(21-16)11-5-7-13(19)8-6-11/h1-9,22H,10H2. The lowest BCUT2D eigenvalue weighted by Gasteiger charge is -2.10. The molecule has 110 valence electrons. The molecule has 3 nitrogen and oxygen atoms in total. The van der Waals surface area contributed by atoms with E-state index in [1.807, 2.05) is 18.2 Å². The fraction of sp³-hybridized carbons (Fsp3) is 0.0588. The van der Waals surface area contributed by atoms with Gasteiger partial charge in [-0.1, -0.05) is 29.8 Å². The molecule has 0 unspecified atom stereocenters. The molecule has 3 aromatic rings. The summed E-state index contributed by atoms with van der Waals surface area (Å²) in [5.41, 5.74) is 2.57. The summed E-state index contributed by atoms with van der Waals surface area (Å²) >= 11 is 6.22. The Morgan fingerprint density at radius 2 is 1.77 bits per heavy atom. The van der Waals surface area contributed by atoms with Crippen molar-refractivity contribution in [2.45, 2.75) is 6.61 Å². The minimum Gasteiger partial charge on any atom is -0.392 e. The summed E-state index contributed by atoms with van der Waals surface area (Å²) < 4.78 is 13.0. The van der Waals surface area contributed by atoms with Gasteiger partial charge in [0.1, 0.15) is 5.82 Å². The van der Waals surface area contributed by atoms with Gasteiger partial charge in [0.2, 0.25) is 0 Å². The Morgan fingerprint density at radius 3 is 2.45 bits per heavy atom. The van der Waals surface area contributed by atoms with Gasteiger partial charge in [0.25, 0.3) is 0 Å². The molecule has 0 bridgehead atoms. The summed E-state index contributed by atoms with van der Waals surface area (Å²) in [4.78, 5) is 8.73. The van der Waals surface area contributed by atoms with E-state index in [2.05, 4.69) is 9.97 Å². The van der Waals surface area contributed by atoms with Crippen LogP contribution in [0.5, 0.6) is 0 Å². The van der Waals surface area contributed by atoms with Crippen molar-refractivity contribution in [3.05, 3.63) is 71.1 Å². The number of benzene rings is 2. The van der Waals surface area contributed by atoms with E-state index >= 15 is 0 Å². The molecule has 1 N–H and O–H groups in total. The third-order valence-electron chi connectivity index (χ3n) is 3.27. The summed E-state index contributed by atoms with van der Waals surface area (Å²) in [5, 5.41) is 10.0. The van der Waals surface area contributed by atoms with Gasteiger partial charge in [-0.15, -0.1) is 0 Å². The highest BCUT2D eigenvalue weighted by molar-refractivity contribution is 6.33. The zero-order chi connectivity index (χ0) is 15.5. The van der Waals surface area contributed by atoms with Gasteiger partial charge in [-0.2, -0.15) is 0 Å². The molecule has 0 aliphatic carbocycles. The van der Waals surface area contributed by atoms with Crippen LogP contribution in [0.25, 0.3) is 22.6 Å². The van der Waals surface area contributed by atoms with E-state index in [-0.39, 0.29) is 12.4 Å². The van der Waals surface area contributed by atoms with Crippen molar-refractivity contribution in [2.24, 2.45) is 0 Å². The predicted octanol–water partition coefficient (Wildman–Crippen LogP) is 4.10. The first-order chi connectivity index (χ1) is 10.7. The van der Waals surface area contributed by atoms with Crippen LogP contribution in [0.3, 0.4) is 0 Å². The average Bonchev–Trinajstić information content (AvgIpc) is 2.55. The highest BCUT2D eigenvalue weighted by Gasteiger charge is 2.12. The van der Waals surface area contributed by atoms with Crippen molar-refractivity contribution >= 4 is 11.6 Å². The van der Waals surface area contributed by atoms with E-state index < -0.39 is 0 Å². The average molecular weight is 315 g/mol. The van der Waals surface area contributed by atoms with Gasteiger partial charge in [0.05, 0.1) is 12.3 Å². The van der Waals surface area contributed by atoms with E-state index in [9.17, 15) is 9.50 Å². The fourth-order valence-electron chi connectivity index (χ4n) is 2.15. The van der Waals surface area contributed by atoms with Gasteiger partial charge in [0.15, 0.2) is 5.82 Å². The van der Waals surface area contributed by atoms with E-state index in [4.69, 9.17) is 11.6 Å². The largest absolute Gasteiger partial charge is 0.392 e. The highest BCUT2D eigenvalue weighted by Crippen LogP contribution is 2.30. The van der Waals surface area contributed by atoms with Crippen molar-refractivity contribution in [2.75, 3.05) is 0 Å². The maximum absolute atomic E-state index is 13.0. The Bertz CT molecular complexity index is 806. The molecule has 0 aliphatic heterocycles. The number of aliphatic hydroxyl groups is 1. The molecule has 3 rings (SSSR count). The topological polar surface area (TPSA) is 46.0 Å². The van der Waals surface area contributed by atoms with Gasteiger partial charge in [-0.3, -0.25) is 0 Å². The monoisotopic (exact) mass is 314 g/mol. The number of hydrogen-bond donors (Lipinski definition) is 1. The highest BCUT2D eigenvalue weighted by atomic mass is 35.5. The number of hydrogen-bond acceptors (Lipinski definition) is 3. The SMILES string of the molecule is OCc1cnc(-c2ccc(F)cc2)nc1-c1ccccc1Cl. The lowest BCUT2D eigenvalue weighted by molar-refractivity contribution is 0.281. The van der Waals surface area contributed by atoms with Crippen LogP contribution in [0.15, 0.2) is 54.7 Å². The predicted molar refractivity (Wildman–Crippen MR) is 83.8 cm³/mol. The molecule has 0 saturated carbocycles. The molecular weight excluding hydrogens is 303 g/mol. The van der Waals surface area contributed by atoms with Gasteiger partial charge in [-0.05, 0) is 30.3 Å². The maximum atomic E-state index is 13.0. The first-order valence-electron chi connectivity index (χ1n) is 6.66. The Labute approximate surface area is 132 Å².